The van der Waals surface area contributed by atoms with Crippen molar-refractivity contribution in [1.82, 2.24) is 25.6 Å². The molecule has 0 aliphatic rings. The molecule has 2 heterocycles. The summed E-state index contributed by atoms with van der Waals surface area (Å²) in [4.78, 5) is 15.6. The number of para-hydroxylation sites is 2. The molecule has 0 atom stereocenters. The van der Waals surface area contributed by atoms with Gasteiger partial charge in [0.05, 0.1) is 17.6 Å². The van der Waals surface area contributed by atoms with Crippen LogP contribution in [-0.4, -0.2) is 34.0 Å². The molecule has 0 unspecified atom stereocenters. The maximum atomic E-state index is 12.6. The van der Waals surface area contributed by atoms with Gasteiger partial charge in [-0.1, -0.05) is 12.1 Å². The van der Waals surface area contributed by atoms with Gasteiger partial charge in [0.25, 0.3) is 0 Å². The van der Waals surface area contributed by atoms with Crippen molar-refractivity contribution < 1.29 is 13.2 Å². The van der Waals surface area contributed by atoms with Gasteiger partial charge < -0.3 is 15.6 Å². The third-order valence-electron chi connectivity index (χ3n) is 3.65. The average Bonchev–Trinajstić information content (AvgIpc) is 3.26. The lowest BCUT2D eigenvalue weighted by molar-refractivity contribution is -0.140. The van der Waals surface area contributed by atoms with Crippen molar-refractivity contribution in [2.45, 2.75) is 26.1 Å². The monoisotopic (exact) mass is 396 g/mol. The molecule has 0 aliphatic carbocycles. The summed E-state index contributed by atoms with van der Waals surface area (Å²) in [5.41, 5.74) is 1.02. The second kappa shape index (κ2) is 8.38. The molecule has 0 amide bonds. The van der Waals surface area contributed by atoms with Crippen LogP contribution in [0.1, 0.15) is 23.4 Å². The Bertz CT molecular complexity index is 882. The molecule has 3 N–H and O–H groups in total. The van der Waals surface area contributed by atoms with Crippen molar-refractivity contribution in [2.24, 2.45) is 4.99 Å². The number of nitrogens with zero attached hydrogens (tertiary/aromatic N) is 3. The summed E-state index contributed by atoms with van der Waals surface area (Å²) in [6, 6.07) is 7.79. The van der Waals surface area contributed by atoms with Crippen LogP contribution in [0.15, 0.2) is 34.6 Å². The molecule has 6 nitrogen and oxygen atoms in total. The number of aromatic nitrogens is 3. The smallest absolute Gasteiger partial charge is 0.357 e. The summed E-state index contributed by atoms with van der Waals surface area (Å²) in [6.07, 6.45) is -3.76. The lowest BCUT2D eigenvalue weighted by Crippen LogP contribution is -2.38. The number of nitrogens with one attached hydrogen (secondary N) is 3. The summed E-state index contributed by atoms with van der Waals surface area (Å²) in [5, 5.41) is 7.54. The maximum Gasteiger partial charge on any atom is 0.434 e. The number of hydrogen-bond acceptors (Lipinski definition) is 4. The van der Waals surface area contributed by atoms with E-state index < -0.39 is 11.9 Å². The molecule has 0 bridgehead atoms. The van der Waals surface area contributed by atoms with E-state index in [2.05, 4.69) is 30.6 Å². The Labute approximate surface area is 158 Å². The van der Waals surface area contributed by atoms with Crippen molar-refractivity contribution in [3.05, 3.63) is 46.2 Å². The molecular formula is C17H19F3N6S. The fourth-order valence-electron chi connectivity index (χ4n) is 2.43. The van der Waals surface area contributed by atoms with Crippen molar-refractivity contribution in [3.63, 3.8) is 0 Å². The zero-order valence-electron chi connectivity index (χ0n) is 14.6. The van der Waals surface area contributed by atoms with Gasteiger partial charge >= 0.3 is 6.18 Å². The fourth-order valence-corrected chi connectivity index (χ4v) is 3.15. The molecule has 3 aromatic rings. The average molecular weight is 396 g/mol. The van der Waals surface area contributed by atoms with E-state index in [0.29, 0.717) is 30.5 Å². The van der Waals surface area contributed by atoms with Gasteiger partial charge in [0.15, 0.2) is 11.7 Å². The first-order valence-electron chi connectivity index (χ1n) is 8.43. The largest absolute Gasteiger partial charge is 0.434 e. The minimum Gasteiger partial charge on any atom is -0.357 e. The second-order valence-electron chi connectivity index (χ2n) is 5.70. The third-order valence-corrected chi connectivity index (χ3v) is 4.49. The van der Waals surface area contributed by atoms with Crippen LogP contribution in [0.4, 0.5) is 13.2 Å². The summed E-state index contributed by atoms with van der Waals surface area (Å²) < 4.78 is 37.8. The Morgan fingerprint density at radius 1 is 1.22 bits per heavy atom. The number of fused-ring (bicyclic) bond motifs is 1. The number of halogens is 3. The zero-order valence-corrected chi connectivity index (χ0v) is 15.4. The molecule has 0 aliphatic heterocycles. The first kappa shape index (κ1) is 19.2. The number of benzene rings is 1. The molecule has 27 heavy (non-hydrogen) atoms. The number of guanidine groups is 1. The number of aliphatic imine (C=N–C) groups is 1. The standard InChI is InChI=1S/C17H19F3N6S/c1-2-21-16(23-9-15-26-13(10-27-15)17(18,19)20)22-8-7-14-24-11-5-3-4-6-12(11)25-14/h3-6,10H,2,7-9H2,1H3,(H,24,25)(H2,21,22,23). The van der Waals surface area contributed by atoms with Gasteiger partial charge in [0.1, 0.15) is 10.8 Å². The quantitative estimate of drug-likeness (QED) is 0.441. The number of rotatable bonds is 6. The van der Waals surface area contributed by atoms with E-state index in [0.717, 1.165) is 33.6 Å². The Morgan fingerprint density at radius 3 is 2.74 bits per heavy atom. The van der Waals surface area contributed by atoms with Gasteiger partial charge in [-0.2, -0.15) is 13.2 Å². The van der Waals surface area contributed by atoms with Crippen molar-refractivity contribution >= 4 is 28.3 Å². The third kappa shape index (κ3) is 5.19. The molecular weight excluding hydrogens is 377 g/mol. The lowest BCUT2D eigenvalue weighted by Gasteiger charge is -2.10. The van der Waals surface area contributed by atoms with Gasteiger partial charge in [-0.3, -0.25) is 0 Å². The maximum absolute atomic E-state index is 12.6. The predicted molar refractivity (Wildman–Crippen MR) is 99.7 cm³/mol. The lowest BCUT2D eigenvalue weighted by atomic mass is 10.3. The number of alkyl halides is 3. The molecule has 3 rings (SSSR count). The molecule has 10 heteroatoms. The minimum atomic E-state index is -4.42. The van der Waals surface area contributed by atoms with Crippen LogP contribution < -0.4 is 10.6 Å². The van der Waals surface area contributed by atoms with Gasteiger partial charge in [-0.15, -0.1) is 11.3 Å². The number of aromatic amines is 1. The first-order chi connectivity index (χ1) is 13.0. The Balaban J connectivity index is 1.56. The number of imidazole rings is 1. The number of thiazole rings is 1. The summed E-state index contributed by atoms with van der Waals surface area (Å²) in [5.74, 6) is 1.38. The van der Waals surface area contributed by atoms with E-state index >= 15 is 0 Å². The summed E-state index contributed by atoms with van der Waals surface area (Å²) >= 11 is 0.951. The highest BCUT2D eigenvalue weighted by Gasteiger charge is 2.33. The Hall–Kier alpha value is -2.62. The minimum absolute atomic E-state index is 0.0840. The van der Waals surface area contributed by atoms with Crippen LogP contribution in [0, 0.1) is 0 Å². The van der Waals surface area contributed by atoms with E-state index in [9.17, 15) is 13.2 Å². The Morgan fingerprint density at radius 2 is 2.04 bits per heavy atom. The van der Waals surface area contributed by atoms with Gasteiger partial charge in [0.2, 0.25) is 0 Å². The van der Waals surface area contributed by atoms with Crippen LogP contribution in [0.25, 0.3) is 11.0 Å². The topological polar surface area (TPSA) is 78.0 Å². The van der Waals surface area contributed by atoms with Crippen LogP contribution in [0.5, 0.6) is 0 Å². The van der Waals surface area contributed by atoms with Gasteiger partial charge in [-0.25, -0.2) is 15.0 Å². The molecule has 0 spiro atoms. The molecule has 0 radical (unpaired) electrons. The van der Waals surface area contributed by atoms with Crippen molar-refractivity contribution in [2.75, 3.05) is 13.1 Å². The molecule has 144 valence electrons. The second-order valence-corrected chi connectivity index (χ2v) is 6.64. The van der Waals surface area contributed by atoms with Crippen LogP contribution in [-0.2, 0) is 19.1 Å². The van der Waals surface area contributed by atoms with Gasteiger partial charge in [-0.05, 0) is 19.1 Å². The molecule has 0 saturated carbocycles. The number of H-pyrrole nitrogens is 1. The highest BCUT2D eigenvalue weighted by atomic mass is 32.1. The van der Waals surface area contributed by atoms with E-state index in [4.69, 9.17) is 0 Å². The fraction of sp³-hybridized carbons (Fsp3) is 0.353. The van der Waals surface area contributed by atoms with Crippen molar-refractivity contribution in [1.29, 1.82) is 0 Å². The van der Waals surface area contributed by atoms with Gasteiger partial charge in [0, 0.05) is 24.9 Å². The van der Waals surface area contributed by atoms with E-state index in [1.54, 1.807) is 0 Å². The van der Waals surface area contributed by atoms with E-state index in [-0.39, 0.29) is 6.54 Å². The van der Waals surface area contributed by atoms with E-state index in [1.165, 1.54) is 0 Å². The summed E-state index contributed by atoms with van der Waals surface area (Å²) in [7, 11) is 0. The number of hydrogen-bond donors (Lipinski definition) is 3. The van der Waals surface area contributed by atoms with Crippen LogP contribution in [0.3, 0.4) is 0 Å². The van der Waals surface area contributed by atoms with Crippen LogP contribution >= 0.6 is 11.3 Å². The molecule has 0 saturated heterocycles. The molecule has 0 fully saturated rings. The SMILES string of the molecule is CCNC(=NCc1nc(C(F)(F)F)cs1)NCCc1nc2ccccc2[nH]1. The van der Waals surface area contributed by atoms with E-state index in [1.807, 2.05) is 31.2 Å². The summed E-state index contributed by atoms with van der Waals surface area (Å²) in [6.45, 7) is 3.22. The zero-order chi connectivity index (χ0) is 19.3. The molecule has 2 aromatic heterocycles. The predicted octanol–water partition coefficient (Wildman–Crippen LogP) is 3.34. The highest BCUT2D eigenvalue weighted by Crippen LogP contribution is 2.30. The van der Waals surface area contributed by atoms with Crippen LogP contribution in [0.2, 0.25) is 0 Å². The highest BCUT2D eigenvalue weighted by molar-refractivity contribution is 7.09. The van der Waals surface area contributed by atoms with Crippen molar-refractivity contribution in [3.8, 4) is 0 Å². The first-order valence-corrected chi connectivity index (χ1v) is 9.31. The normalized spacial score (nSPS) is 12.5. The molecule has 1 aromatic carbocycles. The Kier molecular flexibility index (Phi) is 5.94.